The van der Waals surface area contributed by atoms with Crippen molar-refractivity contribution in [3.8, 4) is 11.8 Å². The highest BCUT2D eigenvalue weighted by atomic mass is 32.2. The van der Waals surface area contributed by atoms with Gasteiger partial charge in [0.05, 0.1) is 23.9 Å². The molecule has 1 heterocycles. The lowest BCUT2D eigenvalue weighted by molar-refractivity contribution is -0.116. The molecule has 0 aliphatic carbocycles. The molecule has 0 bridgehead atoms. The average molecular weight is 392 g/mol. The number of nitriles is 1. The highest BCUT2D eigenvalue weighted by Crippen LogP contribution is 2.23. The van der Waals surface area contributed by atoms with Gasteiger partial charge >= 0.3 is 0 Å². The van der Waals surface area contributed by atoms with Gasteiger partial charge in [-0.3, -0.25) is 4.79 Å². The van der Waals surface area contributed by atoms with Crippen LogP contribution in [0.3, 0.4) is 0 Å². The number of carbonyl (C=O) groups excluding carboxylic acids is 1. The number of aryl methyl sites for hydroxylation is 2. The van der Waals surface area contributed by atoms with Crippen LogP contribution < -0.4 is 4.90 Å². The lowest BCUT2D eigenvalue weighted by Crippen LogP contribution is -2.33. The van der Waals surface area contributed by atoms with Crippen molar-refractivity contribution in [2.24, 2.45) is 0 Å². The number of thioether (sulfide) groups is 1. The van der Waals surface area contributed by atoms with Gasteiger partial charge in [-0.2, -0.15) is 9.94 Å². The summed E-state index contributed by atoms with van der Waals surface area (Å²) in [5, 5.41) is 21.3. The summed E-state index contributed by atoms with van der Waals surface area (Å²) in [6.07, 6.45) is 0.269. The Balaban J connectivity index is 1.75. The lowest BCUT2D eigenvalue weighted by atomic mass is 10.1. The molecule has 1 amide bonds. The third-order valence-corrected chi connectivity index (χ3v) is 5.22. The average Bonchev–Trinajstić information content (AvgIpc) is 3.18. The Labute approximate surface area is 168 Å². The number of tetrazole rings is 1. The van der Waals surface area contributed by atoms with Crippen molar-refractivity contribution in [3.05, 3.63) is 59.7 Å². The zero-order chi connectivity index (χ0) is 19.9. The minimum absolute atomic E-state index is 0.0916. The van der Waals surface area contributed by atoms with Crippen LogP contribution in [0.2, 0.25) is 0 Å². The Morgan fingerprint density at radius 2 is 1.96 bits per heavy atom. The summed E-state index contributed by atoms with van der Waals surface area (Å²) >= 11 is 1.27. The molecule has 3 rings (SSSR count). The highest BCUT2D eigenvalue weighted by molar-refractivity contribution is 7.99. The first-order valence-corrected chi connectivity index (χ1v) is 9.80. The Bertz CT molecular complexity index is 995. The molecule has 0 saturated carbocycles. The minimum Gasteiger partial charge on any atom is -0.311 e. The maximum absolute atomic E-state index is 12.9. The van der Waals surface area contributed by atoms with Gasteiger partial charge in [0.15, 0.2) is 0 Å². The Morgan fingerprint density at radius 3 is 2.68 bits per heavy atom. The molecule has 8 heteroatoms. The second-order valence-electron chi connectivity index (χ2n) is 6.22. The van der Waals surface area contributed by atoms with Crippen molar-refractivity contribution in [2.45, 2.75) is 25.4 Å². The van der Waals surface area contributed by atoms with Gasteiger partial charge in [0.2, 0.25) is 11.1 Å². The first-order valence-electron chi connectivity index (χ1n) is 8.81. The van der Waals surface area contributed by atoms with Gasteiger partial charge in [-0.25, -0.2) is 0 Å². The van der Waals surface area contributed by atoms with E-state index in [1.165, 1.54) is 11.8 Å². The largest absolute Gasteiger partial charge is 0.311 e. The van der Waals surface area contributed by atoms with Gasteiger partial charge in [0.1, 0.15) is 0 Å². The Morgan fingerprint density at radius 1 is 1.18 bits per heavy atom. The van der Waals surface area contributed by atoms with Crippen LogP contribution in [-0.2, 0) is 4.79 Å². The van der Waals surface area contributed by atoms with E-state index in [0.29, 0.717) is 11.7 Å². The summed E-state index contributed by atoms with van der Waals surface area (Å²) in [4.78, 5) is 14.6. The normalized spacial score (nSPS) is 10.5. The molecule has 1 aromatic heterocycles. The molecule has 0 fully saturated rings. The van der Waals surface area contributed by atoms with Crippen LogP contribution >= 0.6 is 11.8 Å². The molecule has 0 unspecified atom stereocenters. The van der Waals surface area contributed by atoms with Crippen LogP contribution in [0.15, 0.2) is 53.7 Å². The fourth-order valence-electron chi connectivity index (χ4n) is 2.66. The topological polar surface area (TPSA) is 87.7 Å². The number of hydrogen-bond acceptors (Lipinski definition) is 6. The van der Waals surface area contributed by atoms with E-state index in [0.717, 1.165) is 22.5 Å². The highest BCUT2D eigenvalue weighted by Gasteiger charge is 2.18. The van der Waals surface area contributed by atoms with Gasteiger partial charge in [-0.1, -0.05) is 36.0 Å². The first kappa shape index (κ1) is 19.6. The molecule has 28 heavy (non-hydrogen) atoms. The van der Waals surface area contributed by atoms with Crippen LogP contribution in [0.5, 0.6) is 0 Å². The number of aromatic nitrogens is 4. The summed E-state index contributed by atoms with van der Waals surface area (Å²) < 4.78 is 1.60. The summed E-state index contributed by atoms with van der Waals surface area (Å²) in [5.74, 6) is 0.0806. The number of amides is 1. The monoisotopic (exact) mass is 392 g/mol. The third-order valence-electron chi connectivity index (χ3n) is 4.32. The maximum atomic E-state index is 12.9. The van der Waals surface area contributed by atoms with Crippen LogP contribution in [0, 0.1) is 25.2 Å². The summed E-state index contributed by atoms with van der Waals surface area (Å²) in [7, 11) is 0. The number of anilines is 1. The van der Waals surface area contributed by atoms with Crippen molar-refractivity contribution in [2.75, 3.05) is 17.2 Å². The summed E-state index contributed by atoms with van der Waals surface area (Å²) in [5.41, 5.74) is 3.89. The number of rotatable bonds is 7. The molecule has 0 radical (unpaired) electrons. The summed E-state index contributed by atoms with van der Waals surface area (Å²) in [6, 6.07) is 17.5. The third kappa shape index (κ3) is 4.56. The predicted molar refractivity (Wildman–Crippen MR) is 108 cm³/mol. The van der Waals surface area contributed by atoms with Gasteiger partial charge in [-0.05, 0) is 59.7 Å². The fourth-order valence-corrected chi connectivity index (χ4v) is 3.42. The Hall–Kier alpha value is -3.18. The van der Waals surface area contributed by atoms with Crippen molar-refractivity contribution in [1.82, 2.24) is 20.2 Å². The van der Waals surface area contributed by atoms with Crippen LogP contribution in [0.1, 0.15) is 17.5 Å². The fraction of sp³-hybridized carbons (Fsp3) is 0.250. The van der Waals surface area contributed by atoms with Gasteiger partial charge < -0.3 is 4.90 Å². The molecule has 3 aromatic rings. The lowest BCUT2D eigenvalue weighted by Gasteiger charge is -2.22. The van der Waals surface area contributed by atoms with Crippen molar-refractivity contribution < 1.29 is 4.79 Å². The van der Waals surface area contributed by atoms with E-state index in [4.69, 9.17) is 5.26 Å². The smallest absolute Gasteiger partial charge is 0.237 e. The molecule has 2 aromatic carbocycles. The van der Waals surface area contributed by atoms with E-state index in [1.807, 2.05) is 62.4 Å². The molecular weight excluding hydrogens is 372 g/mol. The molecule has 0 aliphatic rings. The van der Waals surface area contributed by atoms with Gasteiger partial charge in [0.25, 0.3) is 0 Å². The van der Waals surface area contributed by atoms with E-state index < -0.39 is 0 Å². The first-order chi connectivity index (χ1) is 13.6. The molecular formula is C20H20N6OS. The second-order valence-corrected chi connectivity index (χ2v) is 7.16. The van der Waals surface area contributed by atoms with Crippen LogP contribution in [0.25, 0.3) is 5.69 Å². The zero-order valence-corrected chi connectivity index (χ0v) is 16.6. The number of carbonyl (C=O) groups is 1. The van der Waals surface area contributed by atoms with E-state index in [9.17, 15) is 4.79 Å². The van der Waals surface area contributed by atoms with E-state index in [-0.39, 0.29) is 18.1 Å². The minimum atomic E-state index is -0.0916. The molecule has 0 saturated heterocycles. The maximum Gasteiger partial charge on any atom is 0.237 e. The van der Waals surface area contributed by atoms with Gasteiger partial charge in [0, 0.05) is 12.2 Å². The standard InChI is InChI=1S/C20H20N6OS/c1-15-9-10-18(13-16(15)2)25(12-6-11-21)19(27)14-28-20-22-23-24-26(20)17-7-4-3-5-8-17/h3-5,7-10,13H,6,12,14H2,1-2H3. The number of hydrogen-bond donors (Lipinski definition) is 0. The molecule has 0 atom stereocenters. The van der Waals surface area contributed by atoms with Crippen molar-refractivity contribution in [3.63, 3.8) is 0 Å². The molecule has 7 nitrogen and oxygen atoms in total. The van der Waals surface area contributed by atoms with E-state index in [2.05, 4.69) is 21.6 Å². The molecule has 0 N–H and O–H groups in total. The zero-order valence-electron chi connectivity index (χ0n) is 15.7. The van der Waals surface area contributed by atoms with E-state index >= 15 is 0 Å². The SMILES string of the molecule is Cc1ccc(N(CCC#N)C(=O)CSc2nnnn2-c2ccccc2)cc1C. The predicted octanol–water partition coefficient (Wildman–Crippen LogP) is 3.32. The van der Waals surface area contributed by atoms with Crippen molar-refractivity contribution in [1.29, 1.82) is 5.26 Å². The van der Waals surface area contributed by atoms with Crippen molar-refractivity contribution >= 4 is 23.4 Å². The molecule has 0 spiro atoms. The Kier molecular flexibility index (Phi) is 6.40. The summed E-state index contributed by atoms with van der Waals surface area (Å²) in [6.45, 7) is 4.39. The van der Waals surface area contributed by atoms with Gasteiger partial charge in [-0.15, -0.1) is 5.10 Å². The molecule has 0 aliphatic heterocycles. The number of benzene rings is 2. The second kappa shape index (κ2) is 9.15. The molecule has 142 valence electrons. The number of nitrogens with zero attached hydrogens (tertiary/aromatic N) is 6. The quantitative estimate of drug-likeness (QED) is 0.573. The number of para-hydroxylation sites is 1. The van der Waals surface area contributed by atoms with Crippen LogP contribution in [0.4, 0.5) is 5.69 Å². The van der Waals surface area contributed by atoms with E-state index in [1.54, 1.807) is 9.58 Å². The van der Waals surface area contributed by atoms with Crippen LogP contribution in [-0.4, -0.2) is 38.4 Å².